The topological polar surface area (TPSA) is 52.7 Å². The van der Waals surface area contributed by atoms with Gasteiger partial charge in [0, 0.05) is 36.8 Å². The van der Waals surface area contributed by atoms with Crippen LogP contribution in [-0.4, -0.2) is 61.4 Å². The van der Waals surface area contributed by atoms with E-state index in [0.29, 0.717) is 29.6 Å². The minimum atomic E-state index is -0.0710. The molecule has 2 saturated heterocycles. The lowest BCUT2D eigenvalue weighted by atomic mass is 9.96. The maximum atomic E-state index is 12.8. The number of nitrogens with one attached hydrogen (secondary N) is 1. The molecule has 0 aliphatic carbocycles. The van der Waals surface area contributed by atoms with Crippen molar-refractivity contribution in [3.05, 3.63) is 34.9 Å². The largest absolute Gasteiger partial charge is 0.342 e. The van der Waals surface area contributed by atoms with Gasteiger partial charge in [0.2, 0.25) is 5.91 Å². The van der Waals surface area contributed by atoms with Gasteiger partial charge >= 0.3 is 0 Å². The summed E-state index contributed by atoms with van der Waals surface area (Å²) in [6.45, 7) is 3.87. The summed E-state index contributed by atoms with van der Waals surface area (Å²) in [5.74, 6) is 0.679. The SMILES string of the molecule is CNCC1CCN(C(=O)C2CCCN(C(=O)c3ccc(Cl)cc3)C2)C1. The zero-order valence-electron chi connectivity index (χ0n) is 14.7. The van der Waals surface area contributed by atoms with E-state index >= 15 is 0 Å². The van der Waals surface area contributed by atoms with E-state index in [4.69, 9.17) is 11.6 Å². The molecule has 25 heavy (non-hydrogen) atoms. The van der Waals surface area contributed by atoms with E-state index < -0.39 is 0 Å². The van der Waals surface area contributed by atoms with Gasteiger partial charge < -0.3 is 15.1 Å². The fourth-order valence-corrected chi connectivity index (χ4v) is 4.01. The molecule has 2 aliphatic heterocycles. The Morgan fingerprint density at radius 2 is 1.88 bits per heavy atom. The van der Waals surface area contributed by atoms with Crippen molar-refractivity contribution in [2.24, 2.45) is 11.8 Å². The average molecular weight is 364 g/mol. The van der Waals surface area contributed by atoms with Crippen LogP contribution in [0.15, 0.2) is 24.3 Å². The molecule has 0 bridgehead atoms. The lowest BCUT2D eigenvalue weighted by molar-refractivity contribution is -0.136. The third kappa shape index (κ3) is 4.33. The Labute approximate surface area is 154 Å². The van der Waals surface area contributed by atoms with E-state index in [-0.39, 0.29) is 17.7 Å². The van der Waals surface area contributed by atoms with Gasteiger partial charge in [-0.1, -0.05) is 11.6 Å². The van der Waals surface area contributed by atoms with Crippen molar-refractivity contribution in [1.29, 1.82) is 0 Å². The highest BCUT2D eigenvalue weighted by atomic mass is 35.5. The van der Waals surface area contributed by atoms with Gasteiger partial charge in [-0.3, -0.25) is 9.59 Å². The minimum Gasteiger partial charge on any atom is -0.342 e. The molecule has 2 amide bonds. The number of nitrogens with zero attached hydrogens (tertiary/aromatic N) is 2. The zero-order chi connectivity index (χ0) is 17.8. The summed E-state index contributed by atoms with van der Waals surface area (Å²) in [6.07, 6.45) is 2.81. The first-order chi connectivity index (χ1) is 12.1. The van der Waals surface area contributed by atoms with Crippen LogP contribution in [0.1, 0.15) is 29.6 Å². The number of halogens is 1. The lowest BCUT2D eigenvalue weighted by Gasteiger charge is -2.34. The first-order valence-electron chi connectivity index (χ1n) is 9.06. The summed E-state index contributed by atoms with van der Waals surface area (Å²) in [5, 5.41) is 3.81. The molecule has 2 heterocycles. The van der Waals surface area contributed by atoms with Crippen LogP contribution in [-0.2, 0) is 4.79 Å². The molecule has 3 rings (SSSR count). The summed E-state index contributed by atoms with van der Waals surface area (Å²) in [7, 11) is 1.95. The molecule has 1 aromatic rings. The third-order valence-corrected chi connectivity index (χ3v) is 5.49. The Morgan fingerprint density at radius 3 is 2.60 bits per heavy atom. The Morgan fingerprint density at radius 1 is 1.12 bits per heavy atom. The Bertz CT molecular complexity index is 620. The summed E-state index contributed by atoms with van der Waals surface area (Å²) in [6, 6.07) is 6.96. The Kier molecular flexibility index (Phi) is 5.97. The van der Waals surface area contributed by atoms with Crippen molar-refractivity contribution in [3.8, 4) is 0 Å². The first kappa shape index (κ1) is 18.2. The lowest BCUT2D eigenvalue weighted by Crippen LogP contribution is -2.46. The quantitative estimate of drug-likeness (QED) is 0.892. The Hall–Kier alpha value is -1.59. The van der Waals surface area contributed by atoms with Crippen LogP contribution in [0.4, 0.5) is 0 Å². The zero-order valence-corrected chi connectivity index (χ0v) is 15.5. The second kappa shape index (κ2) is 8.19. The number of likely N-dealkylation sites (tertiary alicyclic amines) is 2. The molecule has 1 aromatic carbocycles. The third-order valence-electron chi connectivity index (χ3n) is 5.24. The van der Waals surface area contributed by atoms with Gasteiger partial charge in [0.25, 0.3) is 5.91 Å². The number of hydrogen-bond acceptors (Lipinski definition) is 3. The number of carbonyl (C=O) groups is 2. The number of amides is 2. The van der Waals surface area contributed by atoms with Crippen LogP contribution in [0.2, 0.25) is 5.02 Å². The molecular weight excluding hydrogens is 338 g/mol. The van der Waals surface area contributed by atoms with E-state index in [2.05, 4.69) is 5.32 Å². The van der Waals surface area contributed by atoms with Crippen LogP contribution in [0.25, 0.3) is 0 Å². The normalized spacial score (nSPS) is 23.8. The fraction of sp³-hybridized carbons (Fsp3) is 0.579. The van der Waals surface area contributed by atoms with E-state index in [1.165, 1.54) is 0 Å². The average Bonchev–Trinajstić information content (AvgIpc) is 3.10. The number of benzene rings is 1. The number of rotatable bonds is 4. The highest BCUT2D eigenvalue weighted by molar-refractivity contribution is 6.30. The van der Waals surface area contributed by atoms with E-state index in [0.717, 1.165) is 38.9 Å². The van der Waals surface area contributed by atoms with Gasteiger partial charge in [0.05, 0.1) is 5.92 Å². The monoisotopic (exact) mass is 363 g/mol. The van der Waals surface area contributed by atoms with Gasteiger partial charge in [-0.25, -0.2) is 0 Å². The second-order valence-electron chi connectivity index (χ2n) is 7.09. The molecule has 1 N–H and O–H groups in total. The molecule has 5 nitrogen and oxygen atoms in total. The highest BCUT2D eigenvalue weighted by Crippen LogP contribution is 2.24. The number of piperidine rings is 1. The van der Waals surface area contributed by atoms with Crippen LogP contribution >= 0.6 is 11.6 Å². The van der Waals surface area contributed by atoms with E-state index in [1.54, 1.807) is 24.3 Å². The van der Waals surface area contributed by atoms with Gasteiger partial charge in [0.15, 0.2) is 0 Å². The van der Waals surface area contributed by atoms with Crippen LogP contribution in [0.5, 0.6) is 0 Å². The molecule has 2 unspecified atom stereocenters. The first-order valence-corrected chi connectivity index (χ1v) is 9.44. The van der Waals surface area contributed by atoms with Gasteiger partial charge in [0.1, 0.15) is 0 Å². The molecule has 0 aromatic heterocycles. The van der Waals surface area contributed by atoms with Crippen LogP contribution in [0, 0.1) is 11.8 Å². The molecule has 0 radical (unpaired) electrons. The maximum absolute atomic E-state index is 12.8. The predicted molar refractivity (Wildman–Crippen MR) is 98.7 cm³/mol. The van der Waals surface area contributed by atoms with Crippen molar-refractivity contribution < 1.29 is 9.59 Å². The minimum absolute atomic E-state index is 0.0105. The summed E-state index contributed by atoms with van der Waals surface area (Å²) >= 11 is 5.89. The standard InChI is InChI=1S/C19H26ClN3O2/c1-21-11-14-8-10-23(12-14)19(25)16-3-2-9-22(13-16)18(24)15-4-6-17(20)7-5-15/h4-7,14,16,21H,2-3,8-13H2,1H3. The summed E-state index contributed by atoms with van der Waals surface area (Å²) in [5.41, 5.74) is 0.632. The molecule has 2 atom stereocenters. The summed E-state index contributed by atoms with van der Waals surface area (Å²) in [4.78, 5) is 29.3. The van der Waals surface area contributed by atoms with Gasteiger partial charge in [-0.05, 0) is 63.0 Å². The predicted octanol–water partition coefficient (Wildman–Crippen LogP) is 2.26. The maximum Gasteiger partial charge on any atom is 0.253 e. The second-order valence-corrected chi connectivity index (χ2v) is 7.53. The van der Waals surface area contributed by atoms with Crippen LogP contribution in [0.3, 0.4) is 0 Å². The molecule has 0 saturated carbocycles. The molecular formula is C19H26ClN3O2. The summed E-state index contributed by atoms with van der Waals surface area (Å²) < 4.78 is 0. The Balaban J connectivity index is 1.60. The van der Waals surface area contributed by atoms with Crippen LogP contribution < -0.4 is 5.32 Å². The molecule has 6 heteroatoms. The van der Waals surface area contributed by atoms with Crippen molar-refractivity contribution in [2.45, 2.75) is 19.3 Å². The highest BCUT2D eigenvalue weighted by Gasteiger charge is 2.34. The van der Waals surface area contributed by atoms with E-state index in [1.807, 2.05) is 16.8 Å². The van der Waals surface area contributed by atoms with Crippen molar-refractivity contribution >= 4 is 23.4 Å². The number of carbonyl (C=O) groups excluding carboxylic acids is 2. The fourth-order valence-electron chi connectivity index (χ4n) is 3.88. The van der Waals surface area contributed by atoms with Gasteiger partial charge in [-0.2, -0.15) is 0 Å². The van der Waals surface area contributed by atoms with Crippen molar-refractivity contribution in [3.63, 3.8) is 0 Å². The molecule has 2 fully saturated rings. The van der Waals surface area contributed by atoms with Gasteiger partial charge in [-0.15, -0.1) is 0 Å². The van der Waals surface area contributed by atoms with Crippen molar-refractivity contribution in [1.82, 2.24) is 15.1 Å². The van der Waals surface area contributed by atoms with E-state index in [9.17, 15) is 9.59 Å². The molecule has 0 spiro atoms. The molecule has 136 valence electrons. The number of hydrogen-bond donors (Lipinski definition) is 1. The smallest absolute Gasteiger partial charge is 0.253 e. The molecule has 2 aliphatic rings. The van der Waals surface area contributed by atoms with Crippen molar-refractivity contribution in [2.75, 3.05) is 39.8 Å².